The van der Waals surface area contributed by atoms with Crippen molar-refractivity contribution >= 4 is 22.8 Å². The number of hydrogen-bond donors (Lipinski definition) is 2. The van der Waals surface area contributed by atoms with Gasteiger partial charge in [-0.25, -0.2) is 4.98 Å². The monoisotopic (exact) mass is 376 g/mol. The van der Waals surface area contributed by atoms with Crippen molar-refractivity contribution in [3.05, 3.63) is 86.6 Å². The number of aromatic nitrogens is 4. The molecule has 0 aliphatic heterocycles. The van der Waals surface area contributed by atoms with E-state index >= 15 is 0 Å². The fourth-order valence-corrected chi connectivity index (χ4v) is 3.49. The van der Waals surface area contributed by atoms with Crippen molar-refractivity contribution in [2.75, 3.05) is 0 Å². The summed E-state index contributed by atoms with van der Waals surface area (Å²) in [4.78, 5) is 24.3. The molecule has 2 aromatic heterocycles. The van der Waals surface area contributed by atoms with Crippen LogP contribution in [0.25, 0.3) is 27.4 Å². The van der Waals surface area contributed by atoms with Gasteiger partial charge in [-0.3, -0.25) is 9.89 Å². The molecule has 0 unspecified atom stereocenters. The first kappa shape index (κ1) is 17.0. The average Bonchev–Trinajstić information content (AvgIpc) is 3.28. The van der Waals surface area contributed by atoms with Gasteiger partial charge in [0.2, 0.25) is 5.95 Å². The minimum Gasteiger partial charge on any atom is -0.322 e. The zero-order valence-electron chi connectivity index (χ0n) is 14.3. The lowest BCUT2D eigenvalue weighted by molar-refractivity contribution is 0.789. The SMILES string of the molecule is C#[N+][N-]Cc1ccc(SCc2cc(=O)n(-c3nc4ccccc4[nH]3)[nH]2)cc1. The highest BCUT2D eigenvalue weighted by molar-refractivity contribution is 7.98. The first-order valence-corrected chi connectivity index (χ1v) is 9.26. The summed E-state index contributed by atoms with van der Waals surface area (Å²) in [6.45, 7) is 5.48. The Hall–Kier alpha value is -3.44. The van der Waals surface area contributed by atoms with Crippen molar-refractivity contribution in [1.29, 1.82) is 0 Å². The van der Waals surface area contributed by atoms with Crippen LogP contribution in [0.3, 0.4) is 0 Å². The molecule has 8 heteroatoms. The molecule has 0 saturated heterocycles. The molecule has 27 heavy (non-hydrogen) atoms. The van der Waals surface area contributed by atoms with Crippen molar-refractivity contribution in [3.8, 4) is 12.5 Å². The van der Waals surface area contributed by atoms with Crippen LogP contribution in [0, 0.1) is 6.57 Å². The maximum Gasteiger partial charge on any atom is 0.274 e. The molecule has 0 radical (unpaired) electrons. The molecular weight excluding hydrogens is 360 g/mol. The van der Waals surface area contributed by atoms with E-state index in [1.807, 2.05) is 48.5 Å². The van der Waals surface area contributed by atoms with Crippen molar-refractivity contribution in [2.45, 2.75) is 17.2 Å². The number of rotatable bonds is 6. The van der Waals surface area contributed by atoms with E-state index in [9.17, 15) is 4.79 Å². The first-order chi connectivity index (χ1) is 13.2. The second-order valence-electron chi connectivity index (χ2n) is 5.88. The lowest BCUT2D eigenvalue weighted by Crippen LogP contribution is -2.14. The van der Waals surface area contributed by atoms with Gasteiger partial charge >= 0.3 is 0 Å². The van der Waals surface area contributed by atoms with Crippen molar-refractivity contribution in [3.63, 3.8) is 0 Å². The van der Waals surface area contributed by atoms with E-state index < -0.39 is 0 Å². The van der Waals surface area contributed by atoms with Crippen molar-refractivity contribution in [1.82, 2.24) is 19.7 Å². The molecule has 4 rings (SSSR count). The maximum atomic E-state index is 12.3. The van der Waals surface area contributed by atoms with E-state index in [4.69, 9.17) is 6.57 Å². The minimum atomic E-state index is -0.146. The summed E-state index contributed by atoms with van der Waals surface area (Å²) in [6.07, 6.45) is 0. The lowest BCUT2D eigenvalue weighted by atomic mass is 10.2. The third kappa shape index (κ3) is 3.73. The quantitative estimate of drug-likeness (QED) is 0.393. The van der Waals surface area contributed by atoms with Crippen LogP contribution in [0.4, 0.5) is 0 Å². The number of imidazole rings is 1. The molecule has 4 aromatic rings. The average molecular weight is 376 g/mol. The van der Waals surface area contributed by atoms with Gasteiger partial charge in [-0.2, -0.15) is 4.68 Å². The smallest absolute Gasteiger partial charge is 0.274 e. The Bertz CT molecular complexity index is 1130. The number of para-hydroxylation sites is 2. The summed E-state index contributed by atoms with van der Waals surface area (Å²) < 4.78 is 1.43. The van der Waals surface area contributed by atoms with Gasteiger partial charge in [0.15, 0.2) is 0 Å². The van der Waals surface area contributed by atoms with Gasteiger partial charge in [0.1, 0.15) is 0 Å². The zero-order valence-corrected chi connectivity index (χ0v) is 15.1. The lowest BCUT2D eigenvalue weighted by Gasteiger charge is -2.04. The van der Waals surface area contributed by atoms with Crippen LogP contribution in [0.2, 0.25) is 0 Å². The van der Waals surface area contributed by atoms with E-state index in [1.54, 1.807) is 17.8 Å². The third-order valence-corrected chi connectivity index (χ3v) is 5.08. The molecule has 0 spiro atoms. The molecule has 0 aliphatic rings. The number of aromatic amines is 2. The second kappa shape index (κ2) is 7.43. The largest absolute Gasteiger partial charge is 0.322 e. The molecule has 2 N–H and O–H groups in total. The molecule has 134 valence electrons. The minimum absolute atomic E-state index is 0.146. The Balaban J connectivity index is 1.47. The summed E-state index contributed by atoms with van der Waals surface area (Å²) in [5.41, 5.74) is 7.19. The Morgan fingerprint density at radius 3 is 2.78 bits per heavy atom. The molecule has 2 heterocycles. The van der Waals surface area contributed by atoms with Crippen LogP contribution in [0.15, 0.2) is 64.3 Å². The fraction of sp³-hybridized carbons (Fsp3) is 0.105. The van der Waals surface area contributed by atoms with Crippen molar-refractivity contribution in [2.24, 2.45) is 0 Å². The highest BCUT2D eigenvalue weighted by Gasteiger charge is 2.10. The number of nitrogens with zero attached hydrogens (tertiary/aromatic N) is 4. The molecule has 0 amide bonds. The number of hydrogen-bond acceptors (Lipinski definition) is 3. The topological polar surface area (TPSA) is 84.9 Å². The summed E-state index contributed by atoms with van der Waals surface area (Å²) in [5, 5.41) is 3.12. The molecular formula is C19H16N6OS. The number of nitrogens with one attached hydrogen (secondary N) is 2. The van der Waals surface area contributed by atoms with E-state index in [0.29, 0.717) is 18.2 Å². The molecule has 0 saturated carbocycles. The fourth-order valence-electron chi connectivity index (χ4n) is 2.70. The van der Waals surface area contributed by atoms with Crippen LogP contribution < -0.4 is 5.56 Å². The van der Waals surface area contributed by atoms with Crippen LogP contribution in [-0.2, 0) is 12.3 Å². The van der Waals surface area contributed by atoms with Crippen LogP contribution in [-0.4, -0.2) is 19.7 Å². The van der Waals surface area contributed by atoms with E-state index in [2.05, 4.69) is 25.4 Å². The number of H-pyrrole nitrogens is 2. The van der Waals surface area contributed by atoms with Gasteiger partial charge in [-0.05, 0) is 30.8 Å². The number of thioether (sulfide) groups is 1. The van der Waals surface area contributed by atoms with Gasteiger partial charge in [0.25, 0.3) is 12.1 Å². The van der Waals surface area contributed by atoms with Crippen LogP contribution >= 0.6 is 11.8 Å². The number of fused-ring (bicyclic) bond motifs is 1. The second-order valence-corrected chi connectivity index (χ2v) is 6.93. The Morgan fingerprint density at radius 1 is 1.19 bits per heavy atom. The van der Waals surface area contributed by atoms with Crippen molar-refractivity contribution < 1.29 is 0 Å². The Labute approximate surface area is 159 Å². The maximum absolute atomic E-state index is 12.3. The predicted molar refractivity (Wildman–Crippen MR) is 107 cm³/mol. The van der Waals surface area contributed by atoms with Gasteiger partial charge < -0.3 is 10.4 Å². The molecule has 0 aliphatic carbocycles. The highest BCUT2D eigenvalue weighted by atomic mass is 32.2. The molecule has 0 bridgehead atoms. The number of benzene rings is 2. The summed E-state index contributed by atoms with van der Waals surface area (Å²) in [7, 11) is 0. The van der Waals surface area contributed by atoms with Crippen LogP contribution in [0.1, 0.15) is 11.3 Å². The first-order valence-electron chi connectivity index (χ1n) is 8.27. The standard InChI is InChI=1S/C19H16N6OS/c1-20-21-11-13-6-8-15(9-7-13)27-12-14-10-18(26)25(24-14)19-22-16-4-2-3-5-17(16)23-19/h1-10,24H,11-12H2,(H,22,23). The summed E-state index contributed by atoms with van der Waals surface area (Å²) in [5.74, 6) is 1.13. The van der Waals surface area contributed by atoms with Gasteiger partial charge in [-0.15, -0.1) is 16.7 Å². The molecule has 7 nitrogen and oxygen atoms in total. The Kier molecular flexibility index (Phi) is 4.68. The van der Waals surface area contributed by atoms with Gasteiger partial charge in [0.05, 0.1) is 11.0 Å². The van der Waals surface area contributed by atoms with Gasteiger partial charge in [0, 0.05) is 22.4 Å². The summed E-state index contributed by atoms with van der Waals surface area (Å²) in [6, 6.07) is 17.3. The molecule has 0 fully saturated rings. The van der Waals surface area contributed by atoms with Gasteiger partial charge in [-0.1, -0.05) is 29.8 Å². The van der Waals surface area contributed by atoms with E-state index in [0.717, 1.165) is 27.2 Å². The summed E-state index contributed by atoms with van der Waals surface area (Å²) >= 11 is 1.64. The predicted octanol–water partition coefficient (Wildman–Crippen LogP) is 4.09. The molecule has 2 aromatic carbocycles. The zero-order chi connectivity index (χ0) is 18.6. The Morgan fingerprint density at radius 2 is 2.00 bits per heavy atom. The normalized spacial score (nSPS) is 10.8. The van der Waals surface area contributed by atoms with Crippen LogP contribution in [0.5, 0.6) is 0 Å². The third-order valence-electron chi connectivity index (χ3n) is 4.01. The van der Waals surface area contributed by atoms with E-state index in [-0.39, 0.29) is 5.56 Å². The molecule has 0 atom stereocenters. The van der Waals surface area contributed by atoms with E-state index in [1.165, 1.54) is 4.68 Å². The highest BCUT2D eigenvalue weighted by Crippen LogP contribution is 2.23.